The summed E-state index contributed by atoms with van der Waals surface area (Å²) in [5.74, 6) is 3.01. The smallest absolute Gasteiger partial charge is 0.262 e. The van der Waals surface area contributed by atoms with E-state index in [1.165, 1.54) is 4.31 Å². The zero-order valence-electron chi connectivity index (χ0n) is 17.6. The van der Waals surface area contributed by atoms with Crippen LogP contribution in [0.25, 0.3) is 5.82 Å². The monoisotopic (exact) mass is 430 g/mol. The number of hydrogen-bond donors (Lipinski definition) is 0. The van der Waals surface area contributed by atoms with E-state index in [2.05, 4.69) is 25.0 Å². The zero-order chi connectivity index (χ0) is 21.5. The van der Waals surface area contributed by atoms with E-state index in [4.69, 9.17) is 0 Å². The number of nitrogens with zero attached hydrogens (tertiary/aromatic N) is 8. The third-order valence-electron chi connectivity index (χ3n) is 5.12. The molecule has 11 heteroatoms. The maximum atomic E-state index is 13.1. The van der Waals surface area contributed by atoms with Crippen molar-refractivity contribution in [2.45, 2.75) is 31.7 Å². The first-order valence-corrected chi connectivity index (χ1v) is 11.3. The summed E-state index contributed by atoms with van der Waals surface area (Å²) in [5.41, 5.74) is 0. The van der Waals surface area contributed by atoms with E-state index in [9.17, 15) is 8.42 Å². The van der Waals surface area contributed by atoms with Crippen LogP contribution in [0.1, 0.15) is 31.4 Å². The van der Waals surface area contributed by atoms with Crippen molar-refractivity contribution in [3.63, 3.8) is 0 Å². The van der Waals surface area contributed by atoms with E-state index in [0.717, 1.165) is 11.6 Å². The lowest BCUT2D eigenvalue weighted by atomic mass is 10.2. The predicted molar refractivity (Wildman–Crippen MR) is 112 cm³/mol. The van der Waals surface area contributed by atoms with Crippen molar-refractivity contribution in [2.24, 2.45) is 7.05 Å². The van der Waals surface area contributed by atoms with Crippen molar-refractivity contribution in [2.75, 3.05) is 31.1 Å². The summed E-state index contributed by atoms with van der Waals surface area (Å²) < 4.78 is 31.1. The maximum Gasteiger partial charge on any atom is 0.262 e. The molecule has 1 aliphatic rings. The first kappa shape index (κ1) is 20.5. The van der Waals surface area contributed by atoms with Gasteiger partial charge in [-0.25, -0.2) is 28.1 Å². The Morgan fingerprint density at radius 1 is 1.03 bits per heavy atom. The molecule has 10 nitrogen and oxygen atoms in total. The molecule has 3 aromatic rings. The lowest BCUT2D eigenvalue weighted by molar-refractivity contribution is 0.382. The van der Waals surface area contributed by atoms with Crippen LogP contribution in [-0.4, -0.2) is 68.2 Å². The summed E-state index contributed by atoms with van der Waals surface area (Å²) >= 11 is 0. The number of piperazine rings is 1. The number of rotatable bonds is 5. The maximum absolute atomic E-state index is 13.1. The fourth-order valence-corrected chi connectivity index (χ4v) is 5.03. The van der Waals surface area contributed by atoms with Crippen molar-refractivity contribution >= 4 is 15.8 Å². The van der Waals surface area contributed by atoms with Crippen LogP contribution in [0.2, 0.25) is 0 Å². The minimum atomic E-state index is -3.63. The molecule has 0 saturated carbocycles. The first-order chi connectivity index (χ1) is 14.3. The second kappa shape index (κ2) is 7.80. The molecule has 0 aromatic carbocycles. The lowest BCUT2D eigenvalue weighted by Crippen LogP contribution is -2.49. The highest BCUT2D eigenvalue weighted by Gasteiger charge is 2.31. The number of aryl methyl sites for hydroxylation is 2. The molecule has 0 spiro atoms. The van der Waals surface area contributed by atoms with E-state index in [1.54, 1.807) is 21.6 Å². The Labute approximate surface area is 176 Å². The van der Waals surface area contributed by atoms with Gasteiger partial charge in [0.2, 0.25) is 0 Å². The average Bonchev–Trinajstić information content (AvgIpc) is 3.38. The molecule has 0 N–H and O–H groups in total. The van der Waals surface area contributed by atoms with Crippen LogP contribution in [0, 0.1) is 6.92 Å². The zero-order valence-corrected chi connectivity index (χ0v) is 18.4. The summed E-state index contributed by atoms with van der Waals surface area (Å²) in [5, 5.41) is 4.34. The molecule has 0 amide bonds. The molecule has 0 radical (unpaired) electrons. The van der Waals surface area contributed by atoms with Gasteiger partial charge in [-0.1, -0.05) is 13.8 Å². The molecular weight excluding hydrogens is 404 g/mol. The molecule has 3 aromatic heterocycles. The van der Waals surface area contributed by atoms with Crippen molar-refractivity contribution < 1.29 is 8.42 Å². The van der Waals surface area contributed by atoms with Crippen molar-refractivity contribution in [3.8, 4) is 5.82 Å². The topological polar surface area (TPSA) is 102 Å². The largest absolute Gasteiger partial charge is 0.354 e. The summed E-state index contributed by atoms with van der Waals surface area (Å²) in [7, 11) is -1.80. The van der Waals surface area contributed by atoms with Crippen molar-refractivity contribution in [3.05, 3.63) is 42.4 Å². The van der Waals surface area contributed by atoms with Gasteiger partial charge in [0.25, 0.3) is 10.0 Å². The van der Waals surface area contributed by atoms with Crippen molar-refractivity contribution in [1.82, 2.24) is 33.6 Å². The molecule has 0 bridgehead atoms. The van der Waals surface area contributed by atoms with Crippen LogP contribution < -0.4 is 4.90 Å². The fourth-order valence-electron chi connectivity index (χ4n) is 3.62. The molecule has 0 unspecified atom stereocenters. The Morgan fingerprint density at radius 2 is 1.73 bits per heavy atom. The number of imidazole rings is 1. The van der Waals surface area contributed by atoms with Gasteiger partial charge >= 0.3 is 0 Å². The van der Waals surface area contributed by atoms with Gasteiger partial charge in [0.1, 0.15) is 17.5 Å². The van der Waals surface area contributed by atoms with E-state index in [0.29, 0.717) is 37.8 Å². The second-order valence-electron chi connectivity index (χ2n) is 7.68. The third kappa shape index (κ3) is 3.82. The quantitative estimate of drug-likeness (QED) is 0.602. The number of sulfonamides is 1. The summed E-state index contributed by atoms with van der Waals surface area (Å²) in [6.45, 7) is 7.66. The van der Waals surface area contributed by atoms with Crippen LogP contribution in [0.15, 0.2) is 35.7 Å². The minimum absolute atomic E-state index is 0.112. The molecular formula is C19H26N8O2S. The van der Waals surface area contributed by atoms with E-state index < -0.39 is 10.0 Å². The van der Waals surface area contributed by atoms with E-state index in [-0.39, 0.29) is 10.9 Å². The van der Waals surface area contributed by atoms with Gasteiger partial charge in [-0.05, 0) is 13.0 Å². The third-order valence-corrected chi connectivity index (χ3v) is 6.89. The molecule has 0 aliphatic carbocycles. The van der Waals surface area contributed by atoms with Gasteiger partial charge in [0.05, 0.1) is 0 Å². The van der Waals surface area contributed by atoms with Gasteiger partial charge in [-0.3, -0.25) is 0 Å². The van der Waals surface area contributed by atoms with Crippen LogP contribution >= 0.6 is 0 Å². The Bertz CT molecular complexity index is 1130. The normalized spacial score (nSPS) is 15.8. The summed E-state index contributed by atoms with van der Waals surface area (Å²) in [6, 6.07) is 3.71. The highest BCUT2D eigenvalue weighted by molar-refractivity contribution is 7.89. The van der Waals surface area contributed by atoms with Gasteiger partial charge in [-0.15, -0.1) is 0 Å². The molecule has 1 fully saturated rings. The Kier molecular flexibility index (Phi) is 5.33. The highest BCUT2D eigenvalue weighted by Crippen LogP contribution is 2.22. The van der Waals surface area contributed by atoms with Gasteiger partial charge in [0, 0.05) is 63.8 Å². The molecule has 4 heterocycles. The lowest BCUT2D eigenvalue weighted by Gasteiger charge is -2.34. The molecule has 4 rings (SSSR count). The van der Waals surface area contributed by atoms with Crippen LogP contribution in [0.3, 0.4) is 0 Å². The fraction of sp³-hybridized carbons (Fsp3) is 0.474. The summed E-state index contributed by atoms with van der Waals surface area (Å²) in [6.07, 6.45) is 5.12. The van der Waals surface area contributed by atoms with Gasteiger partial charge < -0.3 is 9.47 Å². The standard InChI is InChI=1S/C19H26N8O2S/c1-14(2)19-23-18(13-24(19)4)30(28,29)26-10-8-25(9-11-26)16-12-17(22-15(3)21-16)27-7-5-6-20-27/h5-7,12-14H,8-11H2,1-4H3. The molecule has 1 saturated heterocycles. The Balaban J connectivity index is 1.51. The predicted octanol–water partition coefficient (Wildman–Crippen LogP) is 1.34. The Hall–Kier alpha value is -2.79. The SMILES string of the molecule is Cc1nc(N2CCN(S(=O)(=O)c3cn(C)c(C(C)C)n3)CC2)cc(-n2cccn2)n1. The number of anilines is 1. The Morgan fingerprint density at radius 3 is 2.33 bits per heavy atom. The van der Waals surface area contributed by atoms with Crippen LogP contribution in [0.4, 0.5) is 5.82 Å². The first-order valence-electron chi connectivity index (χ1n) is 9.90. The van der Waals surface area contributed by atoms with E-state index >= 15 is 0 Å². The summed E-state index contributed by atoms with van der Waals surface area (Å²) in [4.78, 5) is 15.4. The van der Waals surface area contributed by atoms with E-state index in [1.807, 2.05) is 46.1 Å². The average molecular weight is 431 g/mol. The minimum Gasteiger partial charge on any atom is -0.354 e. The van der Waals surface area contributed by atoms with Gasteiger partial charge in [0.15, 0.2) is 10.8 Å². The second-order valence-corrected chi connectivity index (χ2v) is 9.56. The molecule has 160 valence electrons. The van der Waals surface area contributed by atoms with Crippen LogP contribution in [-0.2, 0) is 17.1 Å². The molecule has 1 aliphatic heterocycles. The number of aromatic nitrogens is 6. The number of hydrogen-bond acceptors (Lipinski definition) is 7. The molecule has 0 atom stereocenters. The van der Waals surface area contributed by atoms with Gasteiger partial charge in [-0.2, -0.15) is 9.40 Å². The molecule has 30 heavy (non-hydrogen) atoms. The van der Waals surface area contributed by atoms with Crippen molar-refractivity contribution in [1.29, 1.82) is 0 Å². The highest BCUT2D eigenvalue weighted by atomic mass is 32.2. The van der Waals surface area contributed by atoms with Crippen LogP contribution in [0.5, 0.6) is 0 Å².